The first-order valence-electron chi connectivity index (χ1n) is 10.2. The van der Waals surface area contributed by atoms with Crippen LogP contribution in [0.25, 0.3) is 0 Å². The van der Waals surface area contributed by atoms with E-state index >= 15 is 0 Å². The summed E-state index contributed by atoms with van der Waals surface area (Å²) in [6.07, 6.45) is 0.933. The lowest BCUT2D eigenvalue weighted by Gasteiger charge is -2.31. The molecule has 0 spiro atoms. The molecule has 0 radical (unpaired) electrons. The summed E-state index contributed by atoms with van der Waals surface area (Å²) in [6, 6.07) is 23.2. The number of hydrogen-bond acceptors (Lipinski definition) is 3. The van der Waals surface area contributed by atoms with Crippen LogP contribution >= 0.6 is 11.8 Å². The van der Waals surface area contributed by atoms with Crippen LogP contribution in [0.15, 0.2) is 71.6 Å². The predicted molar refractivity (Wildman–Crippen MR) is 121 cm³/mol. The van der Waals surface area contributed by atoms with Crippen molar-refractivity contribution < 1.29 is 4.79 Å². The van der Waals surface area contributed by atoms with Crippen molar-refractivity contribution in [2.45, 2.75) is 24.8 Å². The topological polar surface area (TPSA) is 23.6 Å². The molecular weight excluding hydrogens is 376 g/mol. The van der Waals surface area contributed by atoms with Gasteiger partial charge in [0.05, 0.1) is 5.69 Å². The van der Waals surface area contributed by atoms with Crippen molar-refractivity contribution in [1.29, 1.82) is 0 Å². The van der Waals surface area contributed by atoms with Gasteiger partial charge in [-0.2, -0.15) is 0 Å². The van der Waals surface area contributed by atoms with Crippen molar-refractivity contribution in [2.24, 2.45) is 0 Å². The van der Waals surface area contributed by atoms with Crippen LogP contribution in [0.4, 0.5) is 11.4 Å². The summed E-state index contributed by atoms with van der Waals surface area (Å²) in [5.41, 5.74) is 6.86. The molecule has 0 saturated carbocycles. The van der Waals surface area contributed by atoms with Gasteiger partial charge in [-0.05, 0) is 48.7 Å². The summed E-state index contributed by atoms with van der Waals surface area (Å²) in [5.74, 6) is 1.18. The van der Waals surface area contributed by atoms with Gasteiger partial charge >= 0.3 is 0 Å². The van der Waals surface area contributed by atoms with Crippen LogP contribution in [0.5, 0.6) is 0 Å². The molecule has 3 aromatic rings. The molecular formula is C25H24N2OS. The highest BCUT2D eigenvalue weighted by molar-refractivity contribution is 7.99. The Labute approximate surface area is 176 Å². The van der Waals surface area contributed by atoms with Crippen LogP contribution in [0, 0.1) is 6.92 Å². The maximum atomic E-state index is 13.3. The molecule has 0 saturated heterocycles. The number of anilines is 2. The number of benzene rings is 3. The Bertz CT molecular complexity index is 1060. The molecule has 0 unspecified atom stereocenters. The predicted octanol–water partition coefficient (Wildman–Crippen LogP) is 5.31. The van der Waals surface area contributed by atoms with Crippen molar-refractivity contribution in [3.63, 3.8) is 0 Å². The molecule has 0 aromatic heterocycles. The molecule has 3 nitrogen and oxygen atoms in total. The first kappa shape index (κ1) is 18.3. The van der Waals surface area contributed by atoms with Crippen LogP contribution in [0.1, 0.15) is 27.0 Å². The third-order valence-corrected chi connectivity index (χ3v) is 6.83. The molecule has 1 amide bonds. The lowest BCUT2D eigenvalue weighted by atomic mass is 10.1. The van der Waals surface area contributed by atoms with Crippen LogP contribution in [0.2, 0.25) is 0 Å². The number of aryl methyl sites for hydroxylation is 1. The van der Waals surface area contributed by atoms with E-state index in [0.717, 1.165) is 43.1 Å². The first-order chi connectivity index (χ1) is 14.2. The summed E-state index contributed by atoms with van der Waals surface area (Å²) < 4.78 is 0. The van der Waals surface area contributed by atoms with Gasteiger partial charge in [0.15, 0.2) is 0 Å². The Morgan fingerprint density at radius 2 is 1.79 bits per heavy atom. The third-order valence-electron chi connectivity index (χ3n) is 5.79. The van der Waals surface area contributed by atoms with Gasteiger partial charge in [0.25, 0.3) is 5.91 Å². The Kier molecular flexibility index (Phi) is 4.80. The normalized spacial score (nSPS) is 15.2. The number of carbonyl (C=O) groups is 1. The molecule has 0 aliphatic carbocycles. The van der Waals surface area contributed by atoms with Crippen LogP contribution in [0.3, 0.4) is 0 Å². The van der Waals surface area contributed by atoms with E-state index in [9.17, 15) is 4.79 Å². The average Bonchev–Trinajstić information content (AvgIpc) is 3.19. The number of carbonyl (C=O) groups excluding carboxylic acids is 1. The van der Waals surface area contributed by atoms with E-state index in [1.165, 1.54) is 27.3 Å². The molecule has 2 aliphatic rings. The number of rotatable bonds is 3. The van der Waals surface area contributed by atoms with Crippen molar-refractivity contribution in [2.75, 3.05) is 28.6 Å². The van der Waals surface area contributed by atoms with E-state index in [1.807, 2.05) is 34.9 Å². The molecule has 3 aromatic carbocycles. The zero-order chi connectivity index (χ0) is 19.8. The second-order valence-electron chi connectivity index (χ2n) is 7.77. The fourth-order valence-electron chi connectivity index (χ4n) is 4.19. The van der Waals surface area contributed by atoms with Gasteiger partial charge in [-0.25, -0.2) is 0 Å². The molecule has 2 heterocycles. The van der Waals surface area contributed by atoms with Crippen LogP contribution in [-0.2, 0) is 13.0 Å². The zero-order valence-electron chi connectivity index (χ0n) is 16.6. The van der Waals surface area contributed by atoms with E-state index in [2.05, 4.69) is 60.4 Å². The molecule has 29 heavy (non-hydrogen) atoms. The molecule has 0 atom stereocenters. The minimum atomic E-state index is 0.101. The number of hydrogen-bond donors (Lipinski definition) is 0. The summed E-state index contributed by atoms with van der Waals surface area (Å²) in [5, 5.41) is 0. The van der Waals surface area contributed by atoms with Crippen molar-refractivity contribution in [1.82, 2.24) is 0 Å². The first-order valence-corrected chi connectivity index (χ1v) is 11.1. The highest BCUT2D eigenvalue weighted by Gasteiger charge is 2.27. The molecule has 0 bridgehead atoms. The SMILES string of the molecule is Cc1ccc(CN2CCSc3ccc(C(=O)N4CCc5ccccc54)cc32)cc1. The Balaban J connectivity index is 1.43. The van der Waals surface area contributed by atoms with Crippen molar-refractivity contribution in [3.05, 3.63) is 89.0 Å². The Hall–Kier alpha value is -2.72. The number of fused-ring (bicyclic) bond motifs is 2. The van der Waals surface area contributed by atoms with E-state index in [4.69, 9.17) is 0 Å². The highest BCUT2D eigenvalue weighted by atomic mass is 32.2. The van der Waals surface area contributed by atoms with E-state index in [1.54, 1.807) is 0 Å². The minimum absolute atomic E-state index is 0.101. The highest BCUT2D eigenvalue weighted by Crippen LogP contribution is 2.37. The average molecular weight is 401 g/mol. The quantitative estimate of drug-likeness (QED) is 0.595. The number of thioether (sulfide) groups is 1. The molecule has 5 rings (SSSR count). The van der Waals surface area contributed by atoms with E-state index in [-0.39, 0.29) is 5.91 Å². The Morgan fingerprint density at radius 1 is 0.966 bits per heavy atom. The monoisotopic (exact) mass is 400 g/mol. The largest absolute Gasteiger partial charge is 0.365 e. The van der Waals surface area contributed by atoms with Gasteiger partial charge in [0.1, 0.15) is 0 Å². The van der Waals surface area contributed by atoms with Gasteiger partial charge in [-0.1, -0.05) is 48.0 Å². The summed E-state index contributed by atoms with van der Waals surface area (Å²) in [7, 11) is 0. The number of nitrogens with zero attached hydrogens (tertiary/aromatic N) is 2. The fourth-order valence-corrected chi connectivity index (χ4v) is 5.22. The maximum Gasteiger partial charge on any atom is 0.258 e. The smallest absolute Gasteiger partial charge is 0.258 e. The fraction of sp³-hybridized carbons (Fsp3) is 0.240. The van der Waals surface area contributed by atoms with Gasteiger partial charge in [0.2, 0.25) is 0 Å². The van der Waals surface area contributed by atoms with Gasteiger partial charge in [-0.15, -0.1) is 11.8 Å². The van der Waals surface area contributed by atoms with Crippen LogP contribution in [-0.4, -0.2) is 24.7 Å². The van der Waals surface area contributed by atoms with Crippen molar-refractivity contribution >= 4 is 29.0 Å². The van der Waals surface area contributed by atoms with Gasteiger partial charge < -0.3 is 9.80 Å². The summed E-state index contributed by atoms with van der Waals surface area (Å²) >= 11 is 1.88. The standard InChI is InChI=1S/C25H24N2OS/c1-18-6-8-19(9-7-18)17-26-14-15-29-24-11-10-21(16-23(24)26)25(28)27-13-12-20-4-2-3-5-22(20)27/h2-11,16H,12-15,17H2,1H3. The lowest BCUT2D eigenvalue weighted by molar-refractivity contribution is 0.0989. The van der Waals surface area contributed by atoms with E-state index in [0.29, 0.717) is 0 Å². The Morgan fingerprint density at radius 3 is 2.66 bits per heavy atom. The lowest BCUT2D eigenvalue weighted by Crippen LogP contribution is -2.31. The van der Waals surface area contributed by atoms with Gasteiger partial charge in [0, 0.05) is 41.5 Å². The molecule has 146 valence electrons. The molecule has 0 fully saturated rings. The minimum Gasteiger partial charge on any atom is -0.365 e. The maximum absolute atomic E-state index is 13.3. The van der Waals surface area contributed by atoms with E-state index < -0.39 is 0 Å². The van der Waals surface area contributed by atoms with Crippen molar-refractivity contribution in [3.8, 4) is 0 Å². The van der Waals surface area contributed by atoms with Crippen LogP contribution < -0.4 is 9.80 Å². The molecule has 4 heteroatoms. The molecule has 2 aliphatic heterocycles. The summed E-state index contributed by atoms with van der Waals surface area (Å²) in [4.78, 5) is 18.9. The number of para-hydroxylation sites is 1. The second-order valence-corrected chi connectivity index (χ2v) is 8.91. The molecule has 0 N–H and O–H groups in total. The zero-order valence-corrected chi connectivity index (χ0v) is 17.4. The third kappa shape index (κ3) is 3.53. The number of amides is 1. The summed E-state index contributed by atoms with van der Waals surface area (Å²) in [6.45, 7) is 4.75. The second kappa shape index (κ2) is 7.60. The van der Waals surface area contributed by atoms with Gasteiger partial charge in [-0.3, -0.25) is 4.79 Å².